The average molecular weight is 239 g/mol. The van der Waals surface area contributed by atoms with Crippen molar-refractivity contribution in [3.63, 3.8) is 0 Å². The Labute approximate surface area is 106 Å². The molecule has 1 aliphatic carbocycles. The third kappa shape index (κ3) is 3.69. The van der Waals surface area contributed by atoms with E-state index in [1.165, 1.54) is 51.4 Å². The Bertz CT molecular complexity index is 211. The highest BCUT2D eigenvalue weighted by Crippen LogP contribution is 2.35. The van der Waals surface area contributed by atoms with Gasteiger partial charge < -0.3 is 10.4 Å². The van der Waals surface area contributed by atoms with Gasteiger partial charge in [-0.1, -0.05) is 32.6 Å². The second kappa shape index (κ2) is 6.75. The van der Waals surface area contributed by atoms with Crippen LogP contribution in [0.2, 0.25) is 0 Å². The number of aliphatic hydroxyl groups is 1. The number of rotatable bonds is 3. The molecule has 1 heterocycles. The molecule has 0 amide bonds. The van der Waals surface area contributed by atoms with Crippen molar-refractivity contribution in [2.24, 2.45) is 11.8 Å². The predicted molar refractivity (Wildman–Crippen MR) is 72.0 cm³/mol. The van der Waals surface area contributed by atoms with Gasteiger partial charge in [-0.25, -0.2) is 0 Å². The van der Waals surface area contributed by atoms with Crippen molar-refractivity contribution >= 4 is 0 Å². The summed E-state index contributed by atoms with van der Waals surface area (Å²) in [5.74, 6) is 1.40. The lowest BCUT2D eigenvalue weighted by atomic mass is 9.73. The molecule has 17 heavy (non-hydrogen) atoms. The standard InChI is InChI=1S/C15H29NO/c1-2-6-12-8-9-15(17)13(11-12)14-7-4-3-5-10-16-14/h12-17H,2-11H2,1H3. The fraction of sp³-hybridized carbons (Fsp3) is 1.00. The lowest BCUT2D eigenvalue weighted by molar-refractivity contribution is 0.0252. The number of hydrogen-bond acceptors (Lipinski definition) is 2. The number of hydrogen-bond donors (Lipinski definition) is 2. The van der Waals surface area contributed by atoms with Crippen LogP contribution >= 0.6 is 0 Å². The third-order valence-electron chi connectivity index (χ3n) is 4.78. The van der Waals surface area contributed by atoms with E-state index in [2.05, 4.69) is 12.2 Å². The van der Waals surface area contributed by atoms with E-state index in [0.717, 1.165) is 18.9 Å². The zero-order valence-electron chi connectivity index (χ0n) is 11.3. The van der Waals surface area contributed by atoms with Crippen LogP contribution < -0.4 is 5.32 Å². The van der Waals surface area contributed by atoms with Gasteiger partial charge >= 0.3 is 0 Å². The van der Waals surface area contributed by atoms with Crippen molar-refractivity contribution in [3.05, 3.63) is 0 Å². The molecule has 4 atom stereocenters. The maximum absolute atomic E-state index is 10.3. The van der Waals surface area contributed by atoms with Gasteiger partial charge in [-0.2, -0.15) is 0 Å². The molecular formula is C15H29NO. The van der Waals surface area contributed by atoms with Crippen LogP contribution in [-0.2, 0) is 0 Å². The summed E-state index contributed by atoms with van der Waals surface area (Å²) in [6.45, 7) is 3.44. The minimum Gasteiger partial charge on any atom is -0.393 e. The van der Waals surface area contributed by atoms with Crippen LogP contribution in [0.5, 0.6) is 0 Å². The van der Waals surface area contributed by atoms with E-state index in [1.54, 1.807) is 0 Å². The molecule has 2 heteroatoms. The average Bonchev–Trinajstić information content (AvgIpc) is 2.60. The zero-order valence-corrected chi connectivity index (χ0v) is 11.3. The molecule has 1 saturated carbocycles. The quantitative estimate of drug-likeness (QED) is 0.793. The van der Waals surface area contributed by atoms with Gasteiger partial charge in [0.25, 0.3) is 0 Å². The summed E-state index contributed by atoms with van der Waals surface area (Å²) in [6.07, 6.45) is 11.5. The van der Waals surface area contributed by atoms with Crippen LogP contribution in [0, 0.1) is 11.8 Å². The Balaban J connectivity index is 1.91. The Hall–Kier alpha value is -0.0800. The van der Waals surface area contributed by atoms with Crippen LogP contribution in [0.15, 0.2) is 0 Å². The molecule has 0 aromatic carbocycles. The minimum absolute atomic E-state index is 0.0429. The molecule has 0 aromatic rings. The summed E-state index contributed by atoms with van der Waals surface area (Å²) in [4.78, 5) is 0. The normalized spacial score (nSPS) is 39.9. The van der Waals surface area contributed by atoms with Gasteiger partial charge in [-0.15, -0.1) is 0 Å². The number of aliphatic hydroxyl groups excluding tert-OH is 1. The van der Waals surface area contributed by atoms with Crippen LogP contribution in [0.1, 0.15) is 64.7 Å². The summed E-state index contributed by atoms with van der Waals surface area (Å²) in [5.41, 5.74) is 0. The lowest BCUT2D eigenvalue weighted by Crippen LogP contribution is -2.44. The van der Waals surface area contributed by atoms with Crippen LogP contribution in [0.25, 0.3) is 0 Å². The Kier molecular flexibility index (Phi) is 5.30. The molecular weight excluding hydrogens is 210 g/mol. The topological polar surface area (TPSA) is 32.3 Å². The fourth-order valence-electron chi connectivity index (χ4n) is 3.80. The van der Waals surface area contributed by atoms with E-state index in [4.69, 9.17) is 0 Å². The molecule has 2 nitrogen and oxygen atoms in total. The maximum Gasteiger partial charge on any atom is 0.0583 e. The number of nitrogens with one attached hydrogen (secondary N) is 1. The smallest absolute Gasteiger partial charge is 0.0583 e. The van der Waals surface area contributed by atoms with E-state index in [9.17, 15) is 5.11 Å². The van der Waals surface area contributed by atoms with Gasteiger partial charge in [0, 0.05) is 12.0 Å². The molecule has 1 aliphatic heterocycles. The van der Waals surface area contributed by atoms with Crippen LogP contribution in [-0.4, -0.2) is 23.8 Å². The fourth-order valence-corrected chi connectivity index (χ4v) is 3.80. The van der Waals surface area contributed by atoms with Crippen molar-refractivity contribution in [1.29, 1.82) is 0 Å². The summed E-state index contributed by atoms with van der Waals surface area (Å²) >= 11 is 0. The van der Waals surface area contributed by atoms with Gasteiger partial charge in [0.05, 0.1) is 6.10 Å². The molecule has 2 rings (SSSR count). The Morgan fingerprint density at radius 1 is 1.12 bits per heavy atom. The van der Waals surface area contributed by atoms with Crippen molar-refractivity contribution in [2.75, 3.05) is 6.54 Å². The van der Waals surface area contributed by atoms with E-state index < -0.39 is 0 Å². The molecule has 100 valence electrons. The molecule has 2 aliphatic rings. The first-order valence-corrected chi connectivity index (χ1v) is 7.72. The van der Waals surface area contributed by atoms with E-state index in [1.807, 2.05) is 0 Å². The summed E-state index contributed by atoms with van der Waals surface area (Å²) in [5, 5.41) is 13.9. The van der Waals surface area contributed by atoms with Crippen molar-refractivity contribution in [2.45, 2.75) is 76.9 Å². The monoisotopic (exact) mass is 239 g/mol. The second-order valence-corrected chi connectivity index (χ2v) is 6.11. The maximum atomic E-state index is 10.3. The van der Waals surface area contributed by atoms with Crippen molar-refractivity contribution < 1.29 is 5.11 Å². The summed E-state index contributed by atoms with van der Waals surface area (Å²) in [7, 11) is 0. The van der Waals surface area contributed by atoms with Crippen LogP contribution in [0.4, 0.5) is 0 Å². The van der Waals surface area contributed by atoms with Crippen LogP contribution in [0.3, 0.4) is 0 Å². The highest BCUT2D eigenvalue weighted by molar-refractivity contribution is 4.88. The van der Waals surface area contributed by atoms with Gasteiger partial charge in [-0.05, 0) is 44.6 Å². The van der Waals surface area contributed by atoms with Crippen molar-refractivity contribution in [3.8, 4) is 0 Å². The van der Waals surface area contributed by atoms with Gasteiger partial charge in [0.2, 0.25) is 0 Å². The molecule has 2 N–H and O–H groups in total. The Morgan fingerprint density at radius 3 is 2.82 bits per heavy atom. The van der Waals surface area contributed by atoms with Crippen molar-refractivity contribution in [1.82, 2.24) is 5.32 Å². The largest absolute Gasteiger partial charge is 0.393 e. The molecule has 4 unspecified atom stereocenters. The van der Waals surface area contributed by atoms with E-state index in [0.29, 0.717) is 12.0 Å². The highest BCUT2D eigenvalue weighted by atomic mass is 16.3. The molecule has 2 fully saturated rings. The molecule has 0 radical (unpaired) electrons. The first-order valence-electron chi connectivity index (χ1n) is 7.72. The lowest BCUT2D eigenvalue weighted by Gasteiger charge is -2.38. The SMILES string of the molecule is CCCC1CCC(O)C(C2CCCCCN2)C1. The highest BCUT2D eigenvalue weighted by Gasteiger charge is 2.34. The molecule has 0 spiro atoms. The van der Waals surface area contributed by atoms with E-state index in [-0.39, 0.29) is 6.10 Å². The van der Waals surface area contributed by atoms with Gasteiger partial charge in [0.1, 0.15) is 0 Å². The summed E-state index contributed by atoms with van der Waals surface area (Å²) < 4.78 is 0. The third-order valence-corrected chi connectivity index (χ3v) is 4.78. The van der Waals surface area contributed by atoms with E-state index >= 15 is 0 Å². The second-order valence-electron chi connectivity index (χ2n) is 6.11. The first-order chi connectivity index (χ1) is 8.31. The zero-order chi connectivity index (χ0) is 12.1. The molecule has 0 bridgehead atoms. The summed E-state index contributed by atoms with van der Waals surface area (Å²) in [6, 6.07) is 0.590. The minimum atomic E-state index is -0.0429. The molecule has 1 saturated heterocycles. The Morgan fingerprint density at radius 2 is 2.00 bits per heavy atom. The van der Waals surface area contributed by atoms with Gasteiger partial charge in [0.15, 0.2) is 0 Å². The van der Waals surface area contributed by atoms with Gasteiger partial charge in [-0.3, -0.25) is 0 Å². The molecule has 0 aromatic heterocycles. The predicted octanol–water partition coefficient (Wildman–Crippen LogP) is 3.10. The first kappa shape index (κ1) is 13.4.